The number of amides is 1. The highest BCUT2D eigenvalue weighted by molar-refractivity contribution is 6.33. The van der Waals surface area contributed by atoms with Gasteiger partial charge in [-0.25, -0.2) is 9.78 Å². The van der Waals surface area contributed by atoms with Crippen molar-refractivity contribution in [1.82, 2.24) is 15.2 Å². The molecule has 1 fully saturated rings. The zero-order valence-corrected chi connectivity index (χ0v) is 24.5. The van der Waals surface area contributed by atoms with Crippen LogP contribution in [0, 0.1) is 13.8 Å². The van der Waals surface area contributed by atoms with Crippen molar-refractivity contribution < 1.29 is 19.4 Å². The lowest BCUT2D eigenvalue weighted by Crippen LogP contribution is -2.55. The van der Waals surface area contributed by atoms with Crippen LogP contribution in [-0.2, 0) is 4.79 Å². The van der Waals surface area contributed by atoms with Crippen molar-refractivity contribution in [2.75, 3.05) is 27.2 Å². The average Bonchev–Trinajstić information content (AvgIpc) is 2.93. The number of carbonyl (C=O) groups excluding carboxylic acids is 1. The molecule has 2 N–H and O–H groups in total. The summed E-state index contributed by atoms with van der Waals surface area (Å²) in [5.74, 6) is -0.927. The van der Waals surface area contributed by atoms with Gasteiger partial charge < -0.3 is 20.1 Å². The van der Waals surface area contributed by atoms with E-state index in [0.29, 0.717) is 35.9 Å². The number of carbonyl (C=O) groups is 2. The number of carboxylic acid groups (broad SMARTS) is 1. The molecule has 8 heteroatoms. The van der Waals surface area contributed by atoms with Gasteiger partial charge in [0, 0.05) is 17.7 Å². The number of hydrogen-bond acceptors (Lipinski definition) is 5. The van der Waals surface area contributed by atoms with Crippen molar-refractivity contribution in [3.8, 4) is 28.1 Å². The Morgan fingerprint density at radius 1 is 1.02 bits per heavy atom. The summed E-state index contributed by atoms with van der Waals surface area (Å²) in [6.45, 7) is 5.36. The number of aromatic nitrogens is 1. The SMILES string of the molecule is Cc1ccccc1-c1ccc(C(=O)NC2(C(=O)O)CCCCC2)nc1-c1cc(C)c(Cl)c(OCCCN(C)C)c1. The van der Waals surface area contributed by atoms with Crippen molar-refractivity contribution in [2.45, 2.75) is 57.9 Å². The number of rotatable bonds is 10. The van der Waals surface area contributed by atoms with Crippen LogP contribution < -0.4 is 10.1 Å². The molecule has 1 heterocycles. The van der Waals surface area contributed by atoms with Gasteiger partial charge in [-0.05, 0) is 88.2 Å². The fourth-order valence-corrected chi connectivity index (χ4v) is 5.43. The van der Waals surface area contributed by atoms with Crippen LogP contribution in [0.3, 0.4) is 0 Å². The molecule has 1 aliphatic carbocycles. The van der Waals surface area contributed by atoms with Gasteiger partial charge in [0.25, 0.3) is 5.91 Å². The maximum Gasteiger partial charge on any atom is 0.329 e. The number of halogens is 1. The van der Waals surface area contributed by atoms with E-state index in [1.807, 2.05) is 70.4 Å². The van der Waals surface area contributed by atoms with E-state index in [0.717, 1.165) is 60.0 Å². The molecule has 0 aliphatic heterocycles. The Balaban J connectivity index is 1.77. The van der Waals surface area contributed by atoms with Gasteiger partial charge in [0.15, 0.2) is 0 Å². The topological polar surface area (TPSA) is 91.8 Å². The van der Waals surface area contributed by atoms with E-state index in [9.17, 15) is 14.7 Å². The van der Waals surface area contributed by atoms with Crippen LogP contribution in [0.25, 0.3) is 22.4 Å². The number of hydrogen-bond donors (Lipinski definition) is 2. The van der Waals surface area contributed by atoms with Crippen LogP contribution in [0.15, 0.2) is 48.5 Å². The van der Waals surface area contributed by atoms with E-state index in [-0.39, 0.29) is 5.69 Å². The first-order chi connectivity index (χ1) is 19.1. The molecule has 7 nitrogen and oxygen atoms in total. The van der Waals surface area contributed by atoms with E-state index in [1.54, 1.807) is 6.07 Å². The molecule has 2 aromatic carbocycles. The molecule has 0 unspecified atom stereocenters. The number of nitrogens with one attached hydrogen (secondary N) is 1. The third-order valence-corrected chi connectivity index (χ3v) is 8.02. The zero-order chi connectivity index (χ0) is 28.9. The molecule has 1 amide bonds. The van der Waals surface area contributed by atoms with Gasteiger partial charge in [-0.2, -0.15) is 0 Å². The van der Waals surface area contributed by atoms with Crippen LogP contribution in [0.1, 0.15) is 60.1 Å². The second-order valence-electron chi connectivity index (χ2n) is 10.9. The second-order valence-corrected chi connectivity index (χ2v) is 11.3. The van der Waals surface area contributed by atoms with E-state index in [2.05, 4.69) is 10.2 Å². The number of benzene rings is 2. The van der Waals surface area contributed by atoms with Gasteiger partial charge in [0.1, 0.15) is 17.0 Å². The van der Waals surface area contributed by atoms with Gasteiger partial charge in [0.05, 0.1) is 17.3 Å². The Morgan fingerprint density at radius 2 is 1.75 bits per heavy atom. The predicted molar refractivity (Wildman–Crippen MR) is 159 cm³/mol. The maximum absolute atomic E-state index is 13.5. The Bertz CT molecular complexity index is 1380. The van der Waals surface area contributed by atoms with Gasteiger partial charge in [-0.3, -0.25) is 4.79 Å². The van der Waals surface area contributed by atoms with E-state index < -0.39 is 17.4 Å². The Labute approximate surface area is 241 Å². The summed E-state index contributed by atoms with van der Waals surface area (Å²) >= 11 is 6.64. The maximum atomic E-state index is 13.5. The fraction of sp³-hybridized carbons (Fsp3) is 0.406. The number of aliphatic carboxylic acids is 1. The van der Waals surface area contributed by atoms with Crippen molar-refractivity contribution in [1.29, 1.82) is 0 Å². The van der Waals surface area contributed by atoms with Crippen molar-refractivity contribution in [3.63, 3.8) is 0 Å². The van der Waals surface area contributed by atoms with Gasteiger partial charge >= 0.3 is 5.97 Å². The predicted octanol–water partition coefficient (Wildman–Crippen LogP) is 6.53. The molecule has 0 saturated heterocycles. The minimum atomic E-state index is -1.27. The van der Waals surface area contributed by atoms with Crippen molar-refractivity contribution >= 4 is 23.5 Å². The smallest absolute Gasteiger partial charge is 0.329 e. The highest BCUT2D eigenvalue weighted by atomic mass is 35.5. The molecule has 40 heavy (non-hydrogen) atoms. The number of nitrogens with zero attached hydrogens (tertiary/aromatic N) is 2. The number of pyridine rings is 1. The average molecular weight is 564 g/mol. The van der Waals surface area contributed by atoms with Crippen molar-refractivity contribution in [2.24, 2.45) is 0 Å². The Hall–Kier alpha value is -3.42. The molecule has 0 atom stereocenters. The molecule has 3 aromatic rings. The lowest BCUT2D eigenvalue weighted by atomic mass is 9.81. The largest absolute Gasteiger partial charge is 0.492 e. The third kappa shape index (κ3) is 6.65. The minimum Gasteiger partial charge on any atom is -0.492 e. The molecule has 1 saturated carbocycles. The summed E-state index contributed by atoms with van der Waals surface area (Å²) in [4.78, 5) is 32.6. The highest BCUT2D eigenvalue weighted by Crippen LogP contribution is 2.38. The lowest BCUT2D eigenvalue weighted by Gasteiger charge is -2.33. The fourth-order valence-electron chi connectivity index (χ4n) is 5.27. The summed E-state index contributed by atoms with van der Waals surface area (Å²) in [5, 5.41) is 13.3. The van der Waals surface area contributed by atoms with Crippen LogP contribution >= 0.6 is 11.6 Å². The lowest BCUT2D eigenvalue weighted by molar-refractivity contribution is -0.145. The number of aryl methyl sites for hydroxylation is 2. The van der Waals surface area contributed by atoms with E-state index in [1.165, 1.54) is 0 Å². The Kier molecular flexibility index (Phi) is 9.48. The first-order valence-corrected chi connectivity index (χ1v) is 14.2. The van der Waals surface area contributed by atoms with E-state index >= 15 is 0 Å². The van der Waals surface area contributed by atoms with Gasteiger partial charge in [0.2, 0.25) is 0 Å². The molecule has 0 radical (unpaired) electrons. The summed E-state index contributed by atoms with van der Waals surface area (Å²) < 4.78 is 6.09. The molecular weight excluding hydrogens is 526 g/mol. The molecule has 212 valence electrons. The molecule has 1 aromatic heterocycles. The third-order valence-electron chi connectivity index (χ3n) is 7.53. The van der Waals surface area contributed by atoms with Crippen LogP contribution in [0.2, 0.25) is 5.02 Å². The number of ether oxygens (including phenoxy) is 1. The quantitative estimate of drug-likeness (QED) is 0.272. The monoisotopic (exact) mass is 563 g/mol. The van der Waals surface area contributed by atoms with Crippen LogP contribution in [0.4, 0.5) is 0 Å². The van der Waals surface area contributed by atoms with Gasteiger partial charge in [-0.15, -0.1) is 0 Å². The molecule has 1 aliphatic rings. The first-order valence-electron chi connectivity index (χ1n) is 13.8. The minimum absolute atomic E-state index is 0.166. The van der Waals surface area contributed by atoms with E-state index in [4.69, 9.17) is 21.3 Å². The first kappa shape index (κ1) is 29.6. The molecule has 4 rings (SSSR count). The second kappa shape index (κ2) is 12.8. The highest BCUT2D eigenvalue weighted by Gasteiger charge is 2.41. The zero-order valence-electron chi connectivity index (χ0n) is 23.7. The summed E-state index contributed by atoms with van der Waals surface area (Å²) in [6.07, 6.45) is 4.16. The summed E-state index contributed by atoms with van der Waals surface area (Å²) in [6, 6.07) is 15.4. The summed E-state index contributed by atoms with van der Waals surface area (Å²) in [5.41, 5.74) is 4.03. The standard InChI is InChI=1S/C32H38ClN3O4/c1-21-11-6-7-12-24(21)25-13-14-26(30(37)35-32(31(38)39)15-8-5-9-16-32)34-29(25)23-19-22(2)28(33)27(20-23)40-18-10-17-36(3)4/h6-7,11-14,19-20H,5,8-10,15-18H2,1-4H3,(H,35,37)(H,38,39). The van der Waals surface area contributed by atoms with Crippen LogP contribution in [-0.4, -0.2) is 59.7 Å². The van der Waals surface area contributed by atoms with Crippen LogP contribution in [0.5, 0.6) is 5.75 Å². The molecular formula is C32H38ClN3O4. The normalized spacial score (nSPS) is 14.7. The molecule has 0 bridgehead atoms. The Morgan fingerprint density at radius 3 is 2.42 bits per heavy atom. The summed E-state index contributed by atoms with van der Waals surface area (Å²) in [7, 11) is 4.04. The molecule has 0 spiro atoms. The van der Waals surface area contributed by atoms with Crippen molar-refractivity contribution in [3.05, 3.63) is 70.4 Å². The van der Waals surface area contributed by atoms with Gasteiger partial charge in [-0.1, -0.05) is 55.1 Å². The number of carboxylic acids is 1.